The molecule has 0 aromatic heterocycles. The first-order valence-electron chi connectivity index (χ1n) is 7.96. The lowest BCUT2D eigenvalue weighted by Crippen LogP contribution is -2.36. The molecule has 0 aliphatic heterocycles. The zero-order valence-corrected chi connectivity index (χ0v) is 16.3. The van der Waals surface area contributed by atoms with Gasteiger partial charge in [-0.3, -0.25) is 0 Å². The summed E-state index contributed by atoms with van der Waals surface area (Å²) in [6.07, 6.45) is 0. The third-order valence-electron chi connectivity index (χ3n) is 3.94. The molecule has 0 aliphatic carbocycles. The Morgan fingerprint density at radius 1 is 1.08 bits per heavy atom. The first kappa shape index (κ1) is 19.7. The number of likely N-dealkylation sites (N-methyl/N-ethyl adjacent to an activating group) is 1. The van der Waals surface area contributed by atoms with Gasteiger partial charge in [-0.2, -0.15) is 4.31 Å². The van der Waals surface area contributed by atoms with Crippen LogP contribution in [0.4, 0.5) is 5.69 Å². The van der Waals surface area contributed by atoms with Gasteiger partial charge in [0, 0.05) is 25.3 Å². The molecule has 0 aliphatic rings. The second kappa shape index (κ2) is 8.19. The number of halogens is 1. The smallest absolute Gasteiger partial charge is 0.244 e. The molecule has 0 atom stereocenters. The molecule has 2 N–H and O–H groups in total. The normalized spacial score (nSPS) is 12.1. The average molecular weight is 382 g/mol. The molecule has 2 rings (SSSR count). The van der Waals surface area contributed by atoms with Crippen LogP contribution < -0.4 is 5.73 Å². The van der Waals surface area contributed by atoms with E-state index in [0.29, 0.717) is 18.8 Å². The predicted molar refractivity (Wildman–Crippen MR) is 103 cm³/mol. The molecule has 0 spiro atoms. The maximum absolute atomic E-state index is 13.2. The van der Waals surface area contributed by atoms with E-state index in [1.807, 2.05) is 49.3 Å². The van der Waals surface area contributed by atoms with Gasteiger partial charge < -0.3 is 10.6 Å². The van der Waals surface area contributed by atoms with Crippen LogP contribution in [0, 0.1) is 6.92 Å². The topological polar surface area (TPSA) is 66.6 Å². The first-order valence-corrected chi connectivity index (χ1v) is 9.78. The van der Waals surface area contributed by atoms with Gasteiger partial charge in [0.25, 0.3) is 0 Å². The second-order valence-electron chi connectivity index (χ2n) is 6.27. The fourth-order valence-corrected chi connectivity index (χ4v) is 4.40. The van der Waals surface area contributed by atoms with E-state index in [4.69, 9.17) is 17.3 Å². The number of nitrogens with zero attached hydrogens (tertiary/aromatic N) is 2. The molecule has 0 saturated heterocycles. The summed E-state index contributed by atoms with van der Waals surface area (Å²) in [4.78, 5) is 1.99. The van der Waals surface area contributed by atoms with Crippen LogP contribution in [0.5, 0.6) is 0 Å². The summed E-state index contributed by atoms with van der Waals surface area (Å²) in [6.45, 7) is 3.03. The van der Waals surface area contributed by atoms with E-state index in [2.05, 4.69) is 0 Å². The summed E-state index contributed by atoms with van der Waals surface area (Å²) >= 11 is 6.22. The average Bonchev–Trinajstić information content (AvgIpc) is 2.55. The molecule has 2 aromatic rings. The Kier molecular flexibility index (Phi) is 6.46. The standard InChI is InChI=1S/C18H24ClN3O2S/c1-14-11-16(19)18(12-17(14)20)25(23,24)22(10-9-21(2)3)13-15-7-5-4-6-8-15/h4-8,11-12H,9-10,13,20H2,1-3H3. The van der Waals surface area contributed by atoms with Crippen molar-refractivity contribution in [3.8, 4) is 0 Å². The van der Waals surface area contributed by atoms with E-state index >= 15 is 0 Å². The number of benzene rings is 2. The van der Waals surface area contributed by atoms with Crippen molar-refractivity contribution in [1.82, 2.24) is 9.21 Å². The van der Waals surface area contributed by atoms with Gasteiger partial charge in [0.2, 0.25) is 10.0 Å². The molecule has 0 radical (unpaired) electrons. The van der Waals surface area contributed by atoms with Crippen molar-refractivity contribution in [2.75, 3.05) is 32.9 Å². The lowest BCUT2D eigenvalue weighted by Gasteiger charge is -2.25. The number of anilines is 1. The van der Waals surface area contributed by atoms with Crippen molar-refractivity contribution in [1.29, 1.82) is 0 Å². The minimum Gasteiger partial charge on any atom is -0.398 e. The molecule has 5 nitrogen and oxygen atoms in total. The van der Waals surface area contributed by atoms with Crippen LogP contribution in [0.2, 0.25) is 5.02 Å². The van der Waals surface area contributed by atoms with Gasteiger partial charge in [0.05, 0.1) is 5.02 Å². The lowest BCUT2D eigenvalue weighted by molar-refractivity contribution is 0.329. The van der Waals surface area contributed by atoms with Crippen LogP contribution in [0.15, 0.2) is 47.4 Å². The highest BCUT2D eigenvalue weighted by molar-refractivity contribution is 7.89. The van der Waals surface area contributed by atoms with E-state index in [1.165, 1.54) is 10.4 Å². The number of rotatable bonds is 7. The fourth-order valence-electron chi connectivity index (χ4n) is 2.39. The molecule has 0 bridgehead atoms. The van der Waals surface area contributed by atoms with Gasteiger partial charge in [-0.1, -0.05) is 41.9 Å². The van der Waals surface area contributed by atoms with E-state index in [9.17, 15) is 8.42 Å². The zero-order chi connectivity index (χ0) is 18.6. The summed E-state index contributed by atoms with van der Waals surface area (Å²) in [5.41, 5.74) is 8.00. The monoisotopic (exact) mass is 381 g/mol. The Labute approximate surface area is 155 Å². The van der Waals surface area contributed by atoms with Crippen LogP contribution in [-0.4, -0.2) is 44.8 Å². The SMILES string of the molecule is Cc1cc(Cl)c(S(=O)(=O)N(CCN(C)C)Cc2ccccc2)cc1N. The largest absolute Gasteiger partial charge is 0.398 e. The number of hydrogen-bond acceptors (Lipinski definition) is 4. The van der Waals surface area contributed by atoms with Crippen LogP contribution in [-0.2, 0) is 16.6 Å². The zero-order valence-electron chi connectivity index (χ0n) is 14.7. The first-order chi connectivity index (χ1) is 11.7. The Morgan fingerprint density at radius 3 is 2.32 bits per heavy atom. The third-order valence-corrected chi connectivity index (χ3v) is 6.25. The molecule has 0 heterocycles. The Hall–Kier alpha value is -1.60. The van der Waals surface area contributed by atoms with Crippen molar-refractivity contribution >= 4 is 27.3 Å². The van der Waals surface area contributed by atoms with Gasteiger partial charge in [0.1, 0.15) is 4.90 Å². The number of nitrogen functional groups attached to an aromatic ring is 1. The molecule has 0 fully saturated rings. The van der Waals surface area contributed by atoms with E-state index in [-0.39, 0.29) is 16.5 Å². The second-order valence-corrected chi connectivity index (χ2v) is 8.58. The quantitative estimate of drug-likeness (QED) is 0.749. The van der Waals surface area contributed by atoms with Gasteiger partial charge in [-0.05, 0) is 44.3 Å². The molecule has 25 heavy (non-hydrogen) atoms. The summed E-state index contributed by atoms with van der Waals surface area (Å²) in [6, 6.07) is 12.5. The van der Waals surface area contributed by atoms with Gasteiger partial charge in [-0.15, -0.1) is 0 Å². The Morgan fingerprint density at radius 2 is 1.72 bits per heavy atom. The van der Waals surface area contributed by atoms with E-state index < -0.39 is 10.0 Å². The van der Waals surface area contributed by atoms with Crippen molar-refractivity contribution in [2.45, 2.75) is 18.4 Å². The molecule has 7 heteroatoms. The van der Waals surface area contributed by atoms with Crippen molar-refractivity contribution in [3.05, 3.63) is 58.6 Å². The molecule has 136 valence electrons. The van der Waals surface area contributed by atoms with Crippen LogP contribution >= 0.6 is 11.6 Å². The highest BCUT2D eigenvalue weighted by Gasteiger charge is 2.27. The maximum atomic E-state index is 13.2. The molecule has 0 unspecified atom stereocenters. The van der Waals surface area contributed by atoms with Gasteiger partial charge >= 0.3 is 0 Å². The maximum Gasteiger partial charge on any atom is 0.244 e. The van der Waals surface area contributed by atoms with Crippen molar-refractivity contribution in [2.24, 2.45) is 0 Å². The minimum absolute atomic E-state index is 0.0481. The molecular formula is C18H24ClN3O2S. The number of nitrogens with two attached hydrogens (primary N) is 1. The van der Waals surface area contributed by atoms with Crippen molar-refractivity contribution < 1.29 is 8.42 Å². The Balaban J connectivity index is 2.42. The molecule has 0 amide bonds. The lowest BCUT2D eigenvalue weighted by atomic mass is 10.2. The molecular weight excluding hydrogens is 358 g/mol. The summed E-state index contributed by atoms with van der Waals surface area (Å²) in [7, 11) is 0.0437. The van der Waals surface area contributed by atoms with E-state index in [1.54, 1.807) is 13.0 Å². The number of sulfonamides is 1. The highest BCUT2D eigenvalue weighted by Crippen LogP contribution is 2.29. The molecule has 2 aromatic carbocycles. The van der Waals surface area contributed by atoms with Crippen LogP contribution in [0.25, 0.3) is 0 Å². The fraction of sp³-hybridized carbons (Fsp3) is 0.333. The predicted octanol–water partition coefficient (Wildman–Crippen LogP) is 2.98. The van der Waals surface area contributed by atoms with E-state index in [0.717, 1.165) is 11.1 Å². The number of hydrogen-bond donors (Lipinski definition) is 1. The van der Waals surface area contributed by atoms with Crippen LogP contribution in [0.1, 0.15) is 11.1 Å². The summed E-state index contributed by atoms with van der Waals surface area (Å²) in [5.74, 6) is 0. The van der Waals surface area contributed by atoms with Crippen molar-refractivity contribution in [3.63, 3.8) is 0 Å². The van der Waals surface area contributed by atoms with Crippen LogP contribution in [0.3, 0.4) is 0 Å². The van der Waals surface area contributed by atoms with Gasteiger partial charge in [-0.25, -0.2) is 8.42 Å². The number of aryl methyl sites for hydroxylation is 1. The summed E-state index contributed by atoms with van der Waals surface area (Å²) in [5, 5.41) is 0.189. The Bertz CT molecular complexity index is 824. The summed E-state index contributed by atoms with van der Waals surface area (Å²) < 4.78 is 27.8. The highest BCUT2D eigenvalue weighted by atomic mass is 35.5. The third kappa shape index (κ3) is 4.95. The minimum atomic E-state index is -3.77. The van der Waals surface area contributed by atoms with Gasteiger partial charge in [0.15, 0.2) is 0 Å². The molecule has 0 saturated carbocycles.